The summed E-state index contributed by atoms with van der Waals surface area (Å²) in [7, 11) is 0. The highest BCUT2D eigenvalue weighted by molar-refractivity contribution is 5.13. The van der Waals surface area contributed by atoms with Gasteiger partial charge >= 0.3 is 0 Å². The second-order valence-corrected chi connectivity index (χ2v) is 4.76. The molecule has 1 aliphatic carbocycles. The molecule has 0 saturated heterocycles. The van der Waals surface area contributed by atoms with Gasteiger partial charge in [-0.1, -0.05) is 13.5 Å². The van der Waals surface area contributed by atoms with E-state index in [4.69, 9.17) is 0 Å². The van der Waals surface area contributed by atoms with E-state index in [0.717, 1.165) is 18.4 Å². The van der Waals surface area contributed by atoms with Gasteiger partial charge in [0.2, 0.25) is 0 Å². The molecule has 3 unspecified atom stereocenters. The normalized spacial score (nSPS) is 36.4. The van der Waals surface area contributed by atoms with E-state index in [2.05, 4.69) is 13.5 Å². The lowest BCUT2D eigenvalue weighted by Crippen LogP contribution is -2.43. The van der Waals surface area contributed by atoms with E-state index < -0.39 is 11.7 Å². The minimum absolute atomic E-state index is 0.0591. The Bertz CT molecular complexity index is 203. The van der Waals surface area contributed by atoms with Gasteiger partial charge in [-0.2, -0.15) is 0 Å². The summed E-state index contributed by atoms with van der Waals surface area (Å²) in [6, 6.07) is 0. The summed E-state index contributed by atoms with van der Waals surface area (Å²) < 4.78 is 0. The molecule has 2 nitrogen and oxygen atoms in total. The Morgan fingerprint density at radius 3 is 2.38 bits per heavy atom. The van der Waals surface area contributed by atoms with Crippen LogP contribution < -0.4 is 0 Å². The Morgan fingerprint density at radius 1 is 1.38 bits per heavy atom. The van der Waals surface area contributed by atoms with Gasteiger partial charge in [0, 0.05) is 5.92 Å². The zero-order valence-corrected chi connectivity index (χ0v) is 8.75. The number of hydrogen-bond donors (Lipinski definition) is 2. The third-order valence-corrected chi connectivity index (χ3v) is 3.21. The summed E-state index contributed by atoms with van der Waals surface area (Å²) in [4.78, 5) is 0. The van der Waals surface area contributed by atoms with E-state index >= 15 is 0 Å². The predicted octanol–water partition coefficient (Wildman–Crippen LogP) is 1.72. The van der Waals surface area contributed by atoms with Crippen molar-refractivity contribution in [3.63, 3.8) is 0 Å². The summed E-state index contributed by atoms with van der Waals surface area (Å²) in [5, 5.41) is 19.7. The third kappa shape index (κ3) is 2.12. The van der Waals surface area contributed by atoms with Gasteiger partial charge in [0.15, 0.2) is 0 Å². The summed E-state index contributed by atoms with van der Waals surface area (Å²) in [5.74, 6) is 0.324. The standard InChI is InChI=1S/C11H20O2/c1-7-5-6-9(11(3,4)13)10(12)8(7)2/h7,9-10,12-13H,2,5-6H2,1,3-4H3. The van der Waals surface area contributed by atoms with Crippen molar-refractivity contribution in [2.75, 3.05) is 0 Å². The number of hydrogen-bond acceptors (Lipinski definition) is 2. The first-order chi connectivity index (χ1) is 5.84. The minimum atomic E-state index is -0.803. The van der Waals surface area contributed by atoms with Crippen molar-refractivity contribution in [1.82, 2.24) is 0 Å². The molecule has 0 aromatic carbocycles. The topological polar surface area (TPSA) is 40.5 Å². The monoisotopic (exact) mass is 184 g/mol. The van der Waals surface area contributed by atoms with Gasteiger partial charge in [-0.15, -0.1) is 0 Å². The number of aliphatic hydroxyl groups excluding tert-OH is 1. The first kappa shape index (κ1) is 10.7. The molecule has 0 aromatic heterocycles. The van der Waals surface area contributed by atoms with Crippen LogP contribution in [0.3, 0.4) is 0 Å². The maximum atomic E-state index is 9.88. The molecule has 2 N–H and O–H groups in total. The molecule has 3 atom stereocenters. The Morgan fingerprint density at radius 2 is 1.92 bits per heavy atom. The highest BCUT2D eigenvalue weighted by Gasteiger charge is 2.38. The summed E-state index contributed by atoms with van der Waals surface area (Å²) in [5.41, 5.74) is 0.0704. The van der Waals surface area contributed by atoms with E-state index in [1.54, 1.807) is 13.8 Å². The van der Waals surface area contributed by atoms with E-state index in [1.807, 2.05) is 0 Å². The van der Waals surface area contributed by atoms with Gasteiger partial charge in [0.05, 0.1) is 11.7 Å². The fraction of sp³-hybridized carbons (Fsp3) is 0.818. The van der Waals surface area contributed by atoms with Crippen molar-refractivity contribution in [3.05, 3.63) is 12.2 Å². The van der Waals surface area contributed by atoms with Crippen molar-refractivity contribution >= 4 is 0 Å². The van der Waals surface area contributed by atoms with Crippen LogP contribution in [0, 0.1) is 11.8 Å². The Hall–Kier alpha value is -0.340. The van der Waals surface area contributed by atoms with Crippen LogP contribution in [0.25, 0.3) is 0 Å². The average Bonchev–Trinajstić information content (AvgIpc) is 1.98. The molecule has 0 heterocycles. The molecule has 0 bridgehead atoms. The molecule has 1 aliphatic rings. The SMILES string of the molecule is C=C1C(C)CCC(C(C)(C)O)C1O. The van der Waals surface area contributed by atoms with Crippen LogP contribution in [0.4, 0.5) is 0 Å². The van der Waals surface area contributed by atoms with E-state index in [-0.39, 0.29) is 5.92 Å². The van der Waals surface area contributed by atoms with Gasteiger partial charge in [0.25, 0.3) is 0 Å². The largest absolute Gasteiger partial charge is 0.390 e. The maximum Gasteiger partial charge on any atom is 0.0805 e. The Kier molecular flexibility index (Phi) is 2.83. The molecule has 0 radical (unpaired) electrons. The predicted molar refractivity (Wildman–Crippen MR) is 53.3 cm³/mol. The second kappa shape index (κ2) is 3.43. The zero-order valence-electron chi connectivity index (χ0n) is 8.75. The number of rotatable bonds is 1. The molecule has 0 aromatic rings. The lowest BCUT2D eigenvalue weighted by Gasteiger charge is -2.40. The van der Waals surface area contributed by atoms with Crippen molar-refractivity contribution in [2.45, 2.75) is 45.3 Å². The quantitative estimate of drug-likeness (QED) is 0.609. The number of aliphatic hydroxyl groups is 2. The molecule has 0 spiro atoms. The lowest BCUT2D eigenvalue weighted by molar-refractivity contribution is -0.0514. The molecule has 1 rings (SSSR count). The lowest BCUT2D eigenvalue weighted by atomic mass is 9.71. The van der Waals surface area contributed by atoms with Crippen molar-refractivity contribution in [1.29, 1.82) is 0 Å². The highest BCUT2D eigenvalue weighted by atomic mass is 16.3. The van der Waals surface area contributed by atoms with Gasteiger partial charge in [-0.05, 0) is 38.2 Å². The highest BCUT2D eigenvalue weighted by Crippen LogP contribution is 2.37. The van der Waals surface area contributed by atoms with Crippen LogP contribution in [-0.2, 0) is 0 Å². The summed E-state index contributed by atoms with van der Waals surface area (Å²) in [6.07, 6.45) is 1.36. The minimum Gasteiger partial charge on any atom is -0.390 e. The second-order valence-electron chi connectivity index (χ2n) is 4.76. The molecule has 76 valence electrons. The van der Waals surface area contributed by atoms with Crippen molar-refractivity contribution in [2.24, 2.45) is 11.8 Å². The van der Waals surface area contributed by atoms with Crippen molar-refractivity contribution < 1.29 is 10.2 Å². The van der Waals surface area contributed by atoms with E-state index in [1.165, 1.54) is 0 Å². The molecule has 1 fully saturated rings. The van der Waals surface area contributed by atoms with Crippen LogP contribution in [0.1, 0.15) is 33.6 Å². The third-order valence-electron chi connectivity index (χ3n) is 3.21. The molecular formula is C11H20O2. The van der Waals surface area contributed by atoms with Gasteiger partial charge < -0.3 is 10.2 Å². The fourth-order valence-corrected chi connectivity index (χ4v) is 2.06. The molecular weight excluding hydrogens is 164 g/mol. The van der Waals surface area contributed by atoms with Crippen LogP contribution in [0.2, 0.25) is 0 Å². The van der Waals surface area contributed by atoms with Gasteiger partial charge in [0.1, 0.15) is 0 Å². The smallest absolute Gasteiger partial charge is 0.0805 e. The fourth-order valence-electron chi connectivity index (χ4n) is 2.06. The molecule has 13 heavy (non-hydrogen) atoms. The maximum absolute atomic E-state index is 9.88. The van der Waals surface area contributed by atoms with Gasteiger partial charge in [-0.25, -0.2) is 0 Å². The summed E-state index contributed by atoms with van der Waals surface area (Å²) in [6.45, 7) is 9.46. The van der Waals surface area contributed by atoms with E-state index in [0.29, 0.717) is 5.92 Å². The molecule has 0 amide bonds. The van der Waals surface area contributed by atoms with Crippen LogP contribution >= 0.6 is 0 Å². The van der Waals surface area contributed by atoms with Crippen LogP contribution in [0.5, 0.6) is 0 Å². The molecule has 1 saturated carbocycles. The van der Waals surface area contributed by atoms with Crippen LogP contribution in [0.15, 0.2) is 12.2 Å². The first-order valence-electron chi connectivity index (χ1n) is 4.93. The zero-order chi connectivity index (χ0) is 10.2. The van der Waals surface area contributed by atoms with E-state index in [9.17, 15) is 10.2 Å². The summed E-state index contributed by atoms with van der Waals surface area (Å²) >= 11 is 0. The Balaban J connectivity index is 2.76. The molecule has 0 aliphatic heterocycles. The van der Waals surface area contributed by atoms with Gasteiger partial charge in [-0.3, -0.25) is 0 Å². The van der Waals surface area contributed by atoms with Crippen molar-refractivity contribution in [3.8, 4) is 0 Å². The molecule has 2 heteroatoms. The first-order valence-corrected chi connectivity index (χ1v) is 4.93. The van der Waals surface area contributed by atoms with Crippen LogP contribution in [-0.4, -0.2) is 21.9 Å². The Labute approximate surface area is 80.3 Å². The average molecular weight is 184 g/mol.